The van der Waals surface area contributed by atoms with Gasteiger partial charge in [0.2, 0.25) is 0 Å². The molecule has 0 unspecified atom stereocenters. The van der Waals surface area contributed by atoms with E-state index in [9.17, 15) is 4.79 Å². The number of hydrogen-bond donors (Lipinski definition) is 0. The molecule has 0 saturated heterocycles. The molecule has 0 atom stereocenters. The number of anilines is 1. The summed E-state index contributed by atoms with van der Waals surface area (Å²) in [7, 11) is 0. The van der Waals surface area contributed by atoms with Crippen LogP contribution < -0.4 is 4.90 Å². The molecule has 4 aromatic rings. The van der Waals surface area contributed by atoms with E-state index >= 15 is 0 Å². The van der Waals surface area contributed by atoms with E-state index < -0.39 is 0 Å². The van der Waals surface area contributed by atoms with E-state index in [1.54, 1.807) is 17.2 Å². The molecule has 0 saturated carbocycles. The van der Waals surface area contributed by atoms with Crippen LogP contribution in [0.1, 0.15) is 27.3 Å². The fourth-order valence-corrected chi connectivity index (χ4v) is 3.82. The summed E-state index contributed by atoms with van der Waals surface area (Å²) in [6.07, 6.45) is 3.62. The Bertz CT molecular complexity index is 1190. The highest BCUT2D eigenvalue weighted by molar-refractivity contribution is 6.35. The maximum Gasteiger partial charge on any atom is 0.258 e. The van der Waals surface area contributed by atoms with Gasteiger partial charge in [0, 0.05) is 33.7 Å². The first-order chi connectivity index (χ1) is 15.0. The van der Waals surface area contributed by atoms with Crippen LogP contribution in [0.5, 0.6) is 0 Å². The van der Waals surface area contributed by atoms with Crippen molar-refractivity contribution in [2.75, 3.05) is 4.90 Å². The summed E-state index contributed by atoms with van der Waals surface area (Å²) in [6.45, 7) is 2.86. The van der Waals surface area contributed by atoms with Crippen molar-refractivity contribution in [2.24, 2.45) is 0 Å². The molecule has 0 fully saturated rings. The number of carbonyl (C=O) groups excluding carboxylic acids is 1. The van der Waals surface area contributed by atoms with Crippen LogP contribution in [-0.2, 0) is 13.1 Å². The van der Waals surface area contributed by atoms with Gasteiger partial charge in [-0.2, -0.15) is 0 Å². The third-order valence-electron chi connectivity index (χ3n) is 5.07. The third kappa shape index (κ3) is 4.98. The van der Waals surface area contributed by atoms with Crippen LogP contribution in [0.4, 0.5) is 5.69 Å². The van der Waals surface area contributed by atoms with E-state index in [1.807, 2.05) is 84.4 Å². The SMILES string of the molecule is Cc1ccc(C(=O)N(Cc2nccn2Cc2ccc(Cl)cc2Cl)c2ccccc2)cc1. The van der Waals surface area contributed by atoms with E-state index in [0.29, 0.717) is 28.7 Å². The second kappa shape index (κ2) is 9.38. The smallest absolute Gasteiger partial charge is 0.258 e. The van der Waals surface area contributed by atoms with Gasteiger partial charge in [0.25, 0.3) is 5.91 Å². The van der Waals surface area contributed by atoms with Crippen molar-refractivity contribution in [1.29, 1.82) is 0 Å². The predicted octanol–water partition coefficient (Wildman–Crippen LogP) is 6.39. The minimum absolute atomic E-state index is 0.0784. The summed E-state index contributed by atoms with van der Waals surface area (Å²) in [5, 5.41) is 1.20. The molecule has 1 amide bonds. The average Bonchev–Trinajstić information content (AvgIpc) is 3.21. The Kier molecular flexibility index (Phi) is 6.40. The lowest BCUT2D eigenvalue weighted by Gasteiger charge is -2.23. The molecule has 0 aliphatic rings. The van der Waals surface area contributed by atoms with Crippen LogP contribution in [0.3, 0.4) is 0 Å². The van der Waals surface area contributed by atoms with E-state index in [4.69, 9.17) is 23.2 Å². The number of rotatable bonds is 6. The van der Waals surface area contributed by atoms with Crippen LogP contribution in [0.15, 0.2) is 85.2 Å². The fourth-order valence-electron chi connectivity index (χ4n) is 3.35. The first kappa shape index (κ1) is 21.2. The molecular formula is C25H21Cl2N3O. The van der Waals surface area contributed by atoms with Crippen LogP contribution in [0.25, 0.3) is 0 Å². The maximum atomic E-state index is 13.4. The lowest BCUT2D eigenvalue weighted by atomic mass is 10.1. The van der Waals surface area contributed by atoms with Gasteiger partial charge in [-0.15, -0.1) is 0 Å². The van der Waals surface area contributed by atoms with Gasteiger partial charge in [-0.1, -0.05) is 65.2 Å². The van der Waals surface area contributed by atoms with Crippen molar-refractivity contribution in [1.82, 2.24) is 9.55 Å². The molecular weight excluding hydrogens is 429 g/mol. The van der Waals surface area contributed by atoms with Crippen molar-refractivity contribution in [3.05, 3.63) is 118 Å². The zero-order chi connectivity index (χ0) is 21.8. The van der Waals surface area contributed by atoms with Crippen LogP contribution >= 0.6 is 23.2 Å². The summed E-state index contributed by atoms with van der Waals surface area (Å²) in [6, 6.07) is 22.7. The van der Waals surface area contributed by atoms with Crippen LogP contribution in [0.2, 0.25) is 10.0 Å². The molecule has 4 nitrogen and oxygen atoms in total. The molecule has 0 N–H and O–H groups in total. The number of aromatic nitrogens is 2. The molecule has 0 aliphatic heterocycles. The Labute approximate surface area is 191 Å². The van der Waals surface area contributed by atoms with Gasteiger partial charge >= 0.3 is 0 Å². The van der Waals surface area contributed by atoms with Crippen LogP contribution in [0, 0.1) is 6.92 Å². The minimum Gasteiger partial charge on any atom is -0.329 e. The number of aryl methyl sites for hydroxylation is 1. The van der Waals surface area contributed by atoms with Crippen molar-refractivity contribution >= 4 is 34.8 Å². The van der Waals surface area contributed by atoms with Crippen molar-refractivity contribution in [3.63, 3.8) is 0 Å². The largest absolute Gasteiger partial charge is 0.329 e. The monoisotopic (exact) mass is 449 g/mol. The number of para-hydroxylation sites is 1. The molecule has 31 heavy (non-hydrogen) atoms. The third-order valence-corrected chi connectivity index (χ3v) is 5.66. The topological polar surface area (TPSA) is 38.1 Å². The molecule has 0 radical (unpaired) electrons. The highest BCUT2D eigenvalue weighted by Gasteiger charge is 2.20. The molecule has 1 aromatic heterocycles. The van der Waals surface area contributed by atoms with Crippen LogP contribution in [-0.4, -0.2) is 15.5 Å². The van der Waals surface area contributed by atoms with Gasteiger partial charge in [0.05, 0.1) is 13.1 Å². The zero-order valence-electron chi connectivity index (χ0n) is 17.0. The van der Waals surface area contributed by atoms with E-state index in [1.165, 1.54) is 0 Å². The van der Waals surface area contributed by atoms with Crippen molar-refractivity contribution in [3.8, 4) is 0 Å². The lowest BCUT2D eigenvalue weighted by Crippen LogP contribution is -2.31. The van der Waals surface area contributed by atoms with E-state index in [2.05, 4.69) is 4.98 Å². The molecule has 0 aliphatic carbocycles. The summed E-state index contributed by atoms with van der Waals surface area (Å²) in [5.41, 5.74) is 3.49. The number of benzene rings is 3. The Hall–Kier alpha value is -3.08. The quantitative estimate of drug-likeness (QED) is 0.341. The number of nitrogens with zero attached hydrogens (tertiary/aromatic N) is 3. The van der Waals surface area contributed by atoms with E-state index in [0.717, 1.165) is 22.6 Å². The molecule has 4 rings (SSSR count). The number of halogens is 2. The first-order valence-electron chi connectivity index (χ1n) is 9.89. The Morgan fingerprint density at radius 2 is 1.74 bits per heavy atom. The zero-order valence-corrected chi connectivity index (χ0v) is 18.5. The summed E-state index contributed by atoms with van der Waals surface area (Å²) in [5.74, 6) is 0.681. The Balaban J connectivity index is 1.64. The summed E-state index contributed by atoms with van der Waals surface area (Å²) >= 11 is 12.4. The normalized spacial score (nSPS) is 10.8. The molecule has 1 heterocycles. The fraction of sp³-hybridized carbons (Fsp3) is 0.120. The van der Waals surface area contributed by atoms with Crippen molar-refractivity contribution in [2.45, 2.75) is 20.0 Å². The van der Waals surface area contributed by atoms with E-state index in [-0.39, 0.29) is 5.91 Å². The van der Waals surface area contributed by atoms with Gasteiger partial charge in [-0.3, -0.25) is 4.79 Å². The highest BCUT2D eigenvalue weighted by Crippen LogP contribution is 2.24. The number of imidazole rings is 1. The molecule has 6 heteroatoms. The maximum absolute atomic E-state index is 13.4. The summed E-state index contributed by atoms with van der Waals surface area (Å²) in [4.78, 5) is 19.7. The second-order valence-electron chi connectivity index (χ2n) is 7.30. The Morgan fingerprint density at radius 3 is 2.45 bits per heavy atom. The van der Waals surface area contributed by atoms with Gasteiger partial charge in [-0.25, -0.2) is 4.98 Å². The van der Waals surface area contributed by atoms with Gasteiger partial charge in [0.1, 0.15) is 5.82 Å². The minimum atomic E-state index is -0.0784. The lowest BCUT2D eigenvalue weighted by molar-refractivity contribution is 0.0984. The predicted molar refractivity (Wildman–Crippen MR) is 126 cm³/mol. The molecule has 0 spiro atoms. The van der Waals surface area contributed by atoms with Gasteiger partial charge in [0.15, 0.2) is 0 Å². The number of hydrogen-bond acceptors (Lipinski definition) is 2. The molecule has 156 valence electrons. The molecule has 3 aromatic carbocycles. The number of amides is 1. The molecule has 0 bridgehead atoms. The standard InChI is InChI=1S/C25H21Cl2N3O/c1-18-7-9-19(10-8-18)25(31)30(22-5-3-2-4-6-22)17-24-28-13-14-29(24)16-20-11-12-21(26)15-23(20)27/h2-15H,16-17H2,1H3. The highest BCUT2D eigenvalue weighted by atomic mass is 35.5. The second-order valence-corrected chi connectivity index (χ2v) is 8.14. The van der Waals surface area contributed by atoms with Gasteiger partial charge in [-0.05, 0) is 48.9 Å². The van der Waals surface area contributed by atoms with Gasteiger partial charge < -0.3 is 9.47 Å². The Morgan fingerprint density at radius 1 is 1.00 bits per heavy atom. The number of carbonyl (C=O) groups is 1. The first-order valence-corrected chi connectivity index (χ1v) is 10.6. The average molecular weight is 450 g/mol. The summed E-state index contributed by atoms with van der Waals surface area (Å²) < 4.78 is 1.99. The van der Waals surface area contributed by atoms with Crippen molar-refractivity contribution < 1.29 is 4.79 Å².